The van der Waals surface area contributed by atoms with E-state index in [9.17, 15) is 4.79 Å². The molecule has 2 fully saturated rings. The molecule has 144 valence electrons. The van der Waals surface area contributed by atoms with Crippen LogP contribution in [0.4, 0.5) is 5.82 Å². The van der Waals surface area contributed by atoms with Gasteiger partial charge in [0.25, 0.3) is 0 Å². The van der Waals surface area contributed by atoms with Crippen LogP contribution >= 0.6 is 0 Å². The topological polar surface area (TPSA) is 49.3 Å². The van der Waals surface area contributed by atoms with E-state index in [1.807, 2.05) is 30.5 Å². The second-order valence-electron chi connectivity index (χ2n) is 8.74. The molecular weight excluding hydrogens is 336 g/mol. The number of rotatable bonds is 4. The summed E-state index contributed by atoms with van der Waals surface area (Å²) in [5.74, 6) is 1.94. The summed E-state index contributed by atoms with van der Waals surface area (Å²) in [4.78, 5) is 26.4. The van der Waals surface area contributed by atoms with Crippen LogP contribution in [0.5, 0.6) is 0 Å². The predicted octanol–water partition coefficient (Wildman–Crippen LogP) is 3.88. The number of hydrogen-bond acceptors (Lipinski definition) is 4. The first kappa shape index (κ1) is 18.2. The van der Waals surface area contributed by atoms with Gasteiger partial charge in [-0.25, -0.2) is 4.98 Å². The van der Waals surface area contributed by atoms with Crippen LogP contribution in [0.1, 0.15) is 46.0 Å². The number of hydrogen-bond donors (Lipinski definition) is 0. The molecule has 0 saturated carbocycles. The zero-order valence-corrected chi connectivity index (χ0v) is 16.5. The molecule has 5 nitrogen and oxygen atoms in total. The number of fused-ring (bicyclic) bond motifs is 1. The van der Waals surface area contributed by atoms with Crippen molar-refractivity contribution in [1.82, 2.24) is 14.9 Å². The van der Waals surface area contributed by atoms with Gasteiger partial charge >= 0.3 is 0 Å². The fraction of sp³-hybridized carbons (Fsp3) is 0.591. The molecule has 1 aromatic carbocycles. The Bertz CT molecular complexity index is 821. The molecule has 2 saturated heterocycles. The molecule has 0 aliphatic carbocycles. The number of carbonyl (C=O) groups excluding carboxylic acids is 1. The monoisotopic (exact) mass is 366 g/mol. The second-order valence-corrected chi connectivity index (χ2v) is 8.74. The molecule has 2 aliphatic heterocycles. The van der Waals surface area contributed by atoms with E-state index in [0.29, 0.717) is 18.2 Å². The summed E-state index contributed by atoms with van der Waals surface area (Å²) in [7, 11) is 0. The molecule has 1 spiro atoms. The Morgan fingerprint density at radius 1 is 1.15 bits per heavy atom. The Morgan fingerprint density at radius 3 is 2.78 bits per heavy atom. The van der Waals surface area contributed by atoms with Crippen LogP contribution in [-0.4, -0.2) is 47.0 Å². The Labute approximate surface area is 161 Å². The molecule has 1 amide bonds. The lowest BCUT2D eigenvalue weighted by molar-refractivity contribution is -0.138. The van der Waals surface area contributed by atoms with E-state index in [1.165, 1.54) is 6.42 Å². The summed E-state index contributed by atoms with van der Waals surface area (Å²) < 4.78 is 0. The SMILES string of the molecule is CC(C)CCN1C[C@@]2(CCCN(c3cnc4ccccc4n3)C2)CCC1=O. The molecule has 2 aromatic rings. The van der Waals surface area contributed by atoms with Crippen LogP contribution in [0.25, 0.3) is 11.0 Å². The maximum atomic E-state index is 12.4. The zero-order valence-electron chi connectivity index (χ0n) is 16.5. The van der Waals surface area contributed by atoms with Crippen molar-refractivity contribution in [2.45, 2.75) is 46.0 Å². The Morgan fingerprint density at radius 2 is 1.96 bits per heavy atom. The van der Waals surface area contributed by atoms with Gasteiger partial charge in [0.15, 0.2) is 0 Å². The molecule has 1 atom stereocenters. The van der Waals surface area contributed by atoms with Crippen LogP contribution in [-0.2, 0) is 4.79 Å². The van der Waals surface area contributed by atoms with Crippen molar-refractivity contribution >= 4 is 22.8 Å². The molecule has 0 radical (unpaired) electrons. The van der Waals surface area contributed by atoms with E-state index in [4.69, 9.17) is 4.98 Å². The van der Waals surface area contributed by atoms with Crippen LogP contribution in [0.2, 0.25) is 0 Å². The highest BCUT2D eigenvalue weighted by Crippen LogP contribution is 2.40. The third-order valence-corrected chi connectivity index (χ3v) is 6.15. The first-order valence-electron chi connectivity index (χ1n) is 10.3. The summed E-state index contributed by atoms with van der Waals surface area (Å²) in [6, 6.07) is 8.04. The highest BCUT2D eigenvalue weighted by atomic mass is 16.2. The van der Waals surface area contributed by atoms with Gasteiger partial charge in [-0.1, -0.05) is 26.0 Å². The van der Waals surface area contributed by atoms with E-state index in [0.717, 1.165) is 62.3 Å². The molecule has 3 heterocycles. The molecular formula is C22H30N4O. The molecule has 0 unspecified atom stereocenters. The van der Waals surface area contributed by atoms with E-state index in [-0.39, 0.29) is 5.41 Å². The Kier molecular flexibility index (Phi) is 5.02. The van der Waals surface area contributed by atoms with Gasteiger partial charge < -0.3 is 9.80 Å². The lowest BCUT2D eigenvalue weighted by Gasteiger charge is -2.48. The minimum absolute atomic E-state index is 0.205. The van der Waals surface area contributed by atoms with Gasteiger partial charge in [0.05, 0.1) is 17.2 Å². The highest BCUT2D eigenvalue weighted by molar-refractivity contribution is 5.77. The standard InChI is InChI=1S/C22H30N4O/c1-17(2)9-13-26-16-22(11-8-21(26)27)10-5-12-25(15-22)20-14-23-18-6-3-4-7-19(18)24-20/h3-4,6-7,14,17H,5,8-13,15-16H2,1-2H3/t22-/m0/s1. The minimum atomic E-state index is 0.205. The van der Waals surface area contributed by atoms with Crippen LogP contribution < -0.4 is 4.90 Å². The van der Waals surface area contributed by atoms with Gasteiger partial charge in [0.1, 0.15) is 5.82 Å². The average Bonchev–Trinajstić information content (AvgIpc) is 2.68. The van der Waals surface area contributed by atoms with E-state index in [2.05, 4.69) is 28.6 Å². The molecule has 5 heteroatoms. The normalized spacial score (nSPS) is 23.6. The lowest BCUT2D eigenvalue weighted by atomic mass is 9.73. The number of likely N-dealkylation sites (tertiary alicyclic amines) is 1. The first-order valence-corrected chi connectivity index (χ1v) is 10.3. The lowest BCUT2D eigenvalue weighted by Crippen LogP contribution is -2.54. The maximum Gasteiger partial charge on any atom is 0.222 e. The number of nitrogens with zero attached hydrogens (tertiary/aromatic N) is 4. The van der Waals surface area contributed by atoms with Gasteiger partial charge in [-0.15, -0.1) is 0 Å². The number of benzene rings is 1. The third kappa shape index (κ3) is 3.92. The maximum absolute atomic E-state index is 12.4. The van der Waals surface area contributed by atoms with Crippen molar-refractivity contribution in [3.8, 4) is 0 Å². The van der Waals surface area contributed by atoms with Crippen molar-refractivity contribution in [2.24, 2.45) is 11.3 Å². The number of para-hydroxylation sites is 2. The van der Waals surface area contributed by atoms with Gasteiger partial charge in [0.2, 0.25) is 5.91 Å². The smallest absolute Gasteiger partial charge is 0.222 e. The van der Waals surface area contributed by atoms with Crippen molar-refractivity contribution in [3.63, 3.8) is 0 Å². The molecule has 2 aliphatic rings. The van der Waals surface area contributed by atoms with Gasteiger partial charge in [0, 0.05) is 38.0 Å². The van der Waals surface area contributed by atoms with Crippen molar-refractivity contribution in [2.75, 3.05) is 31.1 Å². The average molecular weight is 367 g/mol. The summed E-state index contributed by atoms with van der Waals surface area (Å²) in [6.07, 6.45) is 7.04. The number of amides is 1. The summed E-state index contributed by atoms with van der Waals surface area (Å²) in [5, 5.41) is 0. The summed E-state index contributed by atoms with van der Waals surface area (Å²) in [6.45, 7) is 8.25. The summed E-state index contributed by atoms with van der Waals surface area (Å²) in [5.41, 5.74) is 2.10. The predicted molar refractivity (Wildman–Crippen MR) is 109 cm³/mol. The molecule has 1 aromatic heterocycles. The highest BCUT2D eigenvalue weighted by Gasteiger charge is 2.41. The fourth-order valence-corrected chi connectivity index (χ4v) is 4.56. The molecule has 4 rings (SSSR count). The van der Waals surface area contributed by atoms with Crippen molar-refractivity contribution < 1.29 is 4.79 Å². The Balaban J connectivity index is 1.51. The van der Waals surface area contributed by atoms with Gasteiger partial charge in [-0.3, -0.25) is 9.78 Å². The van der Waals surface area contributed by atoms with Gasteiger partial charge in [-0.05, 0) is 43.7 Å². The zero-order chi connectivity index (χ0) is 18.9. The molecule has 0 bridgehead atoms. The van der Waals surface area contributed by atoms with E-state index < -0.39 is 0 Å². The van der Waals surface area contributed by atoms with Gasteiger partial charge in [-0.2, -0.15) is 0 Å². The van der Waals surface area contributed by atoms with Crippen LogP contribution in [0.3, 0.4) is 0 Å². The molecule has 27 heavy (non-hydrogen) atoms. The quantitative estimate of drug-likeness (QED) is 0.824. The number of aromatic nitrogens is 2. The van der Waals surface area contributed by atoms with Crippen molar-refractivity contribution in [1.29, 1.82) is 0 Å². The first-order chi connectivity index (χ1) is 13.0. The summed E-state index contributed by atoms with van der Waals surface area (Å²) >= 11 is 0. The van der Waals surface area contributed by atoms with E-state index >= 15 is 0 Å². The minimum Gasteiger partial charge on any atom is -0.355 e. The fourth-order valence-electron chi connectivity index (χ4n) is 4.56. The largest absolute Gasteiger partial charge is 0.355 e. The third-order valence-electron chi connectivity index (χ3n) is 6.15. The number of carbonyl (C=O) groups is 1. The van der Waals surface area contributed by atoms with Crippen LogP contribution in [0.15, 0.2) is 30.5 Å². The number of anilines is 1. The Hall–Kier alpha value is -2.17. The number of piperidine rings is 2. The van der Waals surface area contributed by atoms with E-state index in [1.54, 1.807) is 0 Å². The van der Waals surface area contributed by atoms with Crippen LogP contribution in [0, 0.1) is 11.3 Å². The van der Waals surface area contributed by atoms with Crippen molar-refractivity contribution in [3.05, 3.63) is 30.5 Å². The second kappa shape index (κ2) is 7.45. The molecule has 0 N–H and O–H groups in total.